The van der Waals surface area contributed by atoms with Crippen LogP contribution in [0.1, 0.15) is 95.9 Å². The number of nitrogens with two attached hydrogens (primary N) is 1. The summed E-state index contributed by atoms with van der Waals surface area (Å²) in [4.78, 5) is 36.9. The number of amides is 1. The van der Waals surface area contributed by atoms with Crippen molar-refractivity contribution in [3.63, 3.8) is 0 Å². The van der Waals surface area contributed by atoms with Crippen molar-refractivity contribution >= 4 is 65.0 Å². The fourth-order valence-corrected chi connectivity index (χ4v) is 7.65. The molecule has 2 aliphatic rings. The van der Waals surface area contributed by atoms with Crippen LogP contribution in [0, 0.1) is 0 Å². The van der Waals surface area contributed by atoms with E-state index in [-0.39, 0.29) is 41.9 Å². The number of nitrogens with zero attached hydrogens (tertiary/aromatic N) is 1. The van der Waals surface area contributed by atoms with E-state index in [0.717, 1.165) is 59.4 Å². The van der Waals surface area contributed by atoms with Crippen molar-refractivity contribution in [2.45, 2.75) is 58.2 Å². The highest BCUT2D eigenvalue weighted by Crippen LogP contribution is 2.21. The van der Waals surface area contributed by atoms with E-state index in [0.29, 0.717) is 42.2 Å². The number of aliphatic imine (C=N–C) groups is 1. The van der Waals surface area contributed by atoms with E-state index in [1.807, 2.05) is 62.4 Å². The van der Waals surface area contributed by atoms with Gasteiger partial charge in [0.05, 0.1) is 28.4 Å². The number of aromatic hydroxyl groups is 2. The lowest BCUT2D eigenvalue weighted by Gasteiger charge is -2.17. The van der Waals surface area contributed by atoms with E-state index in [9.17, 15) is 19.5 Å². The number of aromatic carboxylic acids is 2. The van der Waals surface area contributed by atoms with Crippen LogP contribution in [0.15, 0.2) is 151 Å². The molecule has 0 aliphatic carbocycles. The number of hydrogen-bond acceptors (Lipinski definition) is 10. The Kier molecular flexibility index (Phi) is 25.6. The number of carboxylic acids is 2. The van der Waals surface area contributed by atoms with Gasteiger partial charge in [0, 0.05) is 25.2 Å². The van der Waals surface area contributed by atoms with Crippen molar-refractivity contribution in [1.82, 2.24) is 21.3 Å². The smallest absolute Gasteiger partial charge is 0.335 e. The fraction of sp³-hybridized carbons (Fsp3) is 0.241. The molecule has 0 bridgehead atoms. The fourth-order valence-electron chi connectivity index (χ4n) is 7.21. The lowest BCUT2D eigenvalue weighted by Crippen LogP contribution is -2.37. The summed E-state index contributed by atoms with van der Waals surface area (Å²) in [6, 6.07) is 44.1. The molecular weight excluding hydrogens is 944 g/mol. The lowest BCUT2D eigenvalue weighted by molar-refractivity contribution is 0.0685. The summed E-state index contributed by atoms with van der Waals surface area (Å²) in [5.74, 6) is -1.29. The number of phenolic OH excluding ortho intramolecular Hbond substituents is 2. The van der Waals surface area contributed by atoms with E-state index in [1.54, 1.807) is 72.8 Å². The molecule has 8 rings (SSSR count). The van der Waals surface area contributed by atoms with Gasteiger partial charge in [0.25, 0.3) is 5.91 Å². The molecule has 6 aromatic rings. The first kappa shape index (κ1) is 57.3. The van der Waals surface area contributed by atoms with Crippen LogP contribution in [0.5, 0.6) is 11.5 Å². The van der Waals surface area contributed by atoms with Gasteiger partial charge in [0.1, 0.15) is 11.5 Å². The quantitative estimate of drug-likeness (QED) is 0.0438. The van der Waals surface area contributed by atoms with Crippen LogP contribution >= 0.6 is 36.8 Å². The number of isothiocyanates is 1. The van der Waals surface area contributed by atoms with Gasteiger partial charge in [-0.3, -0.25) is 4.79 Å². The van der Waals surface area contributed by atoms with Gasteiger partial charge in [0.2, 0.25) is 0 Å². The number of hydrogen-bond donors (Lipinski definition) is 9. The van der Waals surface area contributed by atoms with Crippen LogP contribution in [0.4, 0.5) is 0 Å². The van der Waals surface area contributed by atoms with Gasteiger partial charge in [-0.25, -0.2) is 14.6 Å². The Bertz CT molecular complexity index is 2660. The number of carboxylic acid groups (broad SMARTS) is 2. The summed E-state index contributed by atoms with van der Waals surface area (Å²) >= 11 is 9.74. The minimum atomic E-state index is -0.927. The summed E-state index contributed by atoms with van der Waals surface area (Å²) in [7, 11) is 0. The van der Waals surface area contributed by atoms with Gasteiger partial charge < -0.3 is 47.4 Å². The molecule has 2 aliphatic heterocycles. The van der Waals surface area contributed by atoms with Crippen molar-refractivity contribution in [2.24, 2.45) is 10.7 Å². The molecule has 368 valence electrons. The molecule has 2 heterocycles. The molecule has 0 aromatic heterocycles. The normalized spacial score (nSPS) is 12.4. The largest absolute Gasteiger partial charge is 0.508 e. The maximum Gasteiger partial charge on any atom is 0.335 e. The van der Waals surface area contributed by atoms with Crippen molar-refractivity contribution in [3.05, 3.63) is 201 Å². The van der Waals surface area contributed by atoms with Crippen molar-refractivity contribution in [3.8, 4) is 11.5 Å². The van der Waals surface area contributed by atoms with Crippen LogP contribution in [-0.2, 0) is 32.2 Å². The molecule has 0 spiro atoms. The van der Waals surface area contributed by atoms with E-state index in [1.165, 1.54) is 17.5 Å². The molecule has 0 saturated carbocycles. The maximum atomic E-state index is 11.2. The van der Waals surface area contributed by atoms with Gasteiger partial charge in [-0.1, -0.05) is 103 Å². The third-order valence-corrected chi connectivity index (χ3v) is 11.2. The van der Waals surface area contributed by atoms with E-state index in [2.05, 4.69) is 67.9 Å². The second-order valence-electron chi connectivity index (χ2n) is 15.8. The van der Waals surface area contributed by atoms with Gasteiger partial charge in [-0.05, 0) is 158 Å². The SMILES string of the molecule is C[C@@H](N=C=S)c1cccc(O)c1.C[C@@H](NC(=S)NCCc1ccccc1C(=O)O)c1cccc(O)c1.Cl.NCCc1ccccc1C(=O)O.O=C1NCCc2ccccc21.c1ccc2c(c1)CCNC2. The number of benzene rings is 6. The Morgan fingerprint density at radius 1 is 0.714 bits per heavy atom. The first-order valence-electron chi connectivity index (χ1n) is 22.5. The average molecular weight is 1010 g/mol. The van der Waals surface area contributed by atoms with Gasteiger partial charge >= 0.3 is 11.9 Å². The van der Waals surface area contributed by atoms with Crippen LogP contribution in [-0.4, -0.2) is 74.7 Å². The molecule has 0 saturated heterocycles. The third-order valence-electron chi connectivity index (χ3n) is 10.9. The zero-order chi connectivity index (χ0) is 50.0. The molecule has 2 atom stereocenters. The van der Waals surface area contributed by atoms with Crippen LogP contribution in [0.3, 0.4) is 0 Å². The molecule has 1 amide bonds. The first-order chi connectivity index (χ1) is 33.3. The Hall–Kier alpha value is -6.97. The number of halogens is 1. The number of phenols is 2. The highest BCUT2D eigenvalue weighted by atomic mass is 35.5. The van der Waals surface area contributed by atoms with Crippen molar-refractivity contribution < 1.29 is 34.8 Å². The molecule has 0 unspecified atom stereocenters. The number of nitrogens with one attached hydrogen (secondary N) is 4. The molecule has 0 fully saturated rings. The number of carbonyl (C=O) groups excluding carboxylic acids is 1. The Labute approximate surface area is 426 Å². The molecule has 10 N–H and O–H groups in total. The van der Waals surface area contributed by atoms with Crippen molar-refractivity contribution in [1.29, 1.82) is 0 Å². The highest BCUT2D eigenvalue weighted by molar-refractivity contribution is 7.80. The Morgan fingerprint density at radius 3 is 1.81 bits per heavy atom. The second kappa shape index (κ2) is 31.2. The van der Waals surface area contributed by atoms with E-state index in [4.69, 9.17) is 33.3 Å². The monoisotopic (exact) mass is 1000 g/mol. The van der Waals surface area contributed by atoms with Crippen molar-refractivity contribution in [2.75, 3.05) is 26.2 Å². The van der Waals surface area contributed by atoms with Gasteiger partial charge in [-0.2, -0.15) is 0 Å². The molecule has 16 heteroatoms. The summed E-state index contributed by atoms with van der Waals surface area (Å²) in [6.45, 7) is 7.81. The Morgan fingerprint density at radius 2 is 1.24 bits per heavy atom. The zero-order valence-corrected chi connectivity index (χ0v) is 41.6. The summed E-state index contributed by atoms with van der Waals surface area (Å²) in [5.41, 5.74) is 14.4. The van der Waals surface area contributed by atoms with Crippen LogP contribution in [0.25, 0.3) is 0 Å². The maximum absolute atomic E-state index is 11.2. The van der Waals surface area contributed by atoms with Gasteiger partial charge in [0.15, 0.2) is 5.11 Å². The zero-order valence-electron chi connectivity index (χ0n) is 39.1. The number of carbonyl (C=O) groups is 3. The van der Waals surface area contributed by atoms with E-state index >= 15 is 0 Å². The Balaban J connectivity index is 0.000000242. The van der Waals surface area contributed by atoms with Gasteiger partial charge in [-0.15, -0.1) is 12.4 Å². The first-order valence-corrected chi connectivity index (χ1v) is 23.3. The van der Waals surface area contributed by atoms with E-state index < -0.39 is 11.9 Å². The molecule has 70 heavy (non-hydrogen) atoms. The molecule has 13 nitrogen and oxygen atoms in total. The topological polar surface area (TPSA) is 219 Å². The standard InChI is InChI=1S/C18H20N2O3S.C9H11NO2.C9H9NOS.C9H9NO.C9H11N.ClH/c1-12(14-6-4-7-15(21)11-14)20-18(24)19-10-9-13-5-2-3-8-16(13)17(22)23;10-6-5-7-3-1-2-4-8(7)9(11)12;1-7(10-6-12)8-3-2-4-9(11)5-8;11-9-8-4-2-1-3-7(8)5-6-10-9;1-2-4-9-7-10-6-5-8(9)3-1;/h2-8,11-12,21H,9-10H2,1H3,(H,22,23)(H2,19,20,24);1-4H,5-6,10H2,(H,11,12);2-5,7,11H,1H3;1-4H,5-6H2,(H,10,11);1-4,10H,5-7H2;1H/t12-;;7-;;;/m1.1.../s1. The predicted octanol–water partition coefficient (Wildman–Crippen LogP) is 9.03. The number of rotatable bonds is 11. The van der Waals surface area contributed by atoms with Crippen LogP contribution < -0.4 is 27.0 Å². The average Bonchev–Trinajstić information content (AvgIpc) is 3.35. The number of thiocarbonyl (C=S) groups is 2. The molecule has 6 aromatic carbocycles. The molecule has 0 radical (unpaired) electrons. The highest BCUT2D eigenvalue weighted by Gasteiger charge is 2.15. The lowest BCUT2D eigenvalue weighted by atomic mass is 10.0. The van der Waals surface area contributed by atoms with Crippen LogP contribution in [0.2, 0.25) is 0 Å². The number of fused-ring (bicyclic) bond motifs is 2. The minimum absolute atomic E-state index is 0. The molecular formula is C54H61ClN6O7S2. The second-order valence-corrected chi connectivity index (χ2v) is 16.4. The minimum Gasteiger partial charge on any atom is -0.508 e. The summed E-state index contributed by atoms with van der Waals surface area (Å²) < 4.78 is 0. The summed E-state index contributed by atoms with van der Waals surface area (Å²) in [6.07, 6.45) is 3.32. The third kappa shape index (κ3) is 19.6. The predicted molar refractivity (Wildman–Crippen MR) is 287 cm³/mol. The summed E-state index contributed by atoms with van der Waals surface area (Å²) in [5, 5.41) is 51.7.